The molecule has 0 aliphatic heterocycles. The predicted octanol–water partition coefficient (Wildman–Crippen LogP) is -0.185. The van der Waals surface area contributed by atoms with E-state index in [9.17, 15) is 9.36 Å². The number of carboxylic acid groups (broad SMARTS) is 1. The van der Waals surface area contributed by atoms with E-state index in [0.29, 0.717) is 0 Å². The molecule has 8 heteroatoms. The first-order chi connectivity index (χ1) is 6.28. The number of nitrogens with zero attached hydrogens (tertiary/aromatic N) is 1. The zero-order valence-electron chi connectivity index (χ0n) is 8.08. The summed E-state index contributed by atoms with van der Waals surface area (Å²) in [6, 6.07) is -0.179. The van der Waals surface area contributed by atoms with Crippen molar-refractivity contribution in [3.63, 3.8) is 0 Å². The van der Waals surface area contributed by atoms with Gasteiger partial charge < -0.3 is 10.00 Å². The summed E-state index contributed by atoms with van der Waals surface area (Å²) in [6.07, 6.45) is -0.395. The molecule has 0 spiro atoms. The van der Waals surface area contributed by atoms with E-state index in [1.807, 2.05) is 0 Å². The Morgan fingerprint density at radius 1 is 1.64 bits per heavy atom. The van der Waals surface area contributed by atoms with Gasteiger partial charge in [0.25, 0.3) is 0 Å². The van der Waals surface area contributed by atoms with E-state index in [0.717, 1.165) is 0 Å². The SMILES string of the molecule is CC(C)N(CC(=O)O)CP(=O)(O)ON. The van der Waals surface area contributed by atoms with Gasteiger partial charge in [-0.05, 0) is 13.8 Å². The summed E-state index contributed by atoms with van der Waals surface area (Å²) in [5, 5.41) is 8.52. The third-order valence-electron chi connectivity index (χ3n) is 1.59. The molecule has 0 saturated heterocycles. The van der Waals surface area contributed by atoms with Crippen molar-refractivity contribution < 1.29 is 24.0 Å². The molecule has 4 N–H and O–H groups in total. The lowest BCUT2D eigenvalue weighted by molar-refractivity contribution is -0.138. The lowest BCUT2D eigenvalue weighted by Gasteiger charge is -2.25. The molecule has 0 amide bonds. The zero-order chi connectivity index (χ0) is 11.4. The molecule has 0 heterocycles. The smallest absolute Gasteiger partial charge is 0.358 e. The molecule has 1 atom stereocenters. The number of hydrogen-bond donors (Lipinski definition) is 3. The van der Waals surface area contributed by atoms with E-state index in [4.69, 9.17) is 10.00 Å². The normalized spacial score (nSPS) is 15.9. The fourth-order valence-corrected chi connectivity index (χ4v) is 1.78. The topological polar surface area (TPSA) is 113 Å². The number of rotatable bonds is 6. The van der Waals surface area contributed by atoms with Gasteiger partial charge in [-0.15, -0.1) is 0 Å². The van der Waals surface area contributed by atoms with Crippen LogP contribution < -0.4 is 5.90 Å². The molecule has 14 heavy (non-hydrogen) atoms. The molecular weight excluding hydrogens is 211 g/mol. The van der Waals surface area contributed by atoms with Gasteiger partial charge in [0, 0.05) is 6.04 Å². The first-order valence-electron chi connectivity index (χ1n) is 3.94. The van der Waals surface area contributed by atoms with Crippen molar-refractivity contribution in [2.75, 3.05) is 12.8 Å². The van der Waals surface area contributed by atoms with Crippen molar-refractivity contribution in [2.24, 2.45) is 5.90 Å². The summed E-state index contributed by atoms with van der Waals surface area (Å²) in [6.45, 7) is 3.09. The minimum Gasteiger partial charge on any atom is -0.480 e. The highest BCUT2D eigenvalue weighted by Gasteiger charge is 2.25. The molecule has 0 bridgehead atoms. The van der Waals surface area contributed by atoms with Crippen LogP contribution in [0.25, 0.3) is 0 Å². The van der Waals surface area contributed by atoms with E-state index in [2.05, 4.69) is 10.5 Å². The Morgan fingerprint density at radius 3 is 2.43 bits per heavy atom. The van der Waals surface area contributed by atoms with Gasteiger partial charge in [0.15, 0.2) is 0 Å². The Hall–Kier alpha value is -0.460. The van der Waals surface area contributed by atoms with E-state index < -0.39 is 19.9 Å². The van der Waals surface area contributed by atoms with Gasteiger partial charge in [-0.1, -0.05) is 0 Å². The fraction of sp³-hybridized carbons (Fsp3) is 0.833. The highest BCUT2D eigenvalue weighted by atomic mass is 31.2. The molecule has 0 saturated carbocycles. The second-order valence-corrected chi connectivity index (χ2v) is 4.89. The maximum atomic E-state index is 11.1. The van der Waals surface area contributed by atoms with Crippen LogP contribution in [0.2, 0.25) is 0 Å². The van der Waals surface area contributed by atoms with Gasteiger partial charge in [-0.25, -0.2) is 10.5 Å². The number of hydrogen-bond acceptors (Lipinski definition) is 5. The van der Waals surface area contributed by atoms with Crippen LogP contribution >= 0.6 is 7.60 Å². The first-order valence-corrected chi connectivity index (χ1v) is 5.71. The molecular formula is C6H15N2O5P. The second-order valence-electron chi connectivity index (χ2n) is 3.12. The second kappa shape index (κ2) is 5.43. The standard InChI is InChI=1S/C6H15N2O5P/c1-5(2)8(3-6(9)10)4-14(11,12)13-7/h5H,3-4,7H2,1-2H3,(H,9,10)(H,11,12). The van der Waals surface area contributed by atoms with E-state index in [1.165, 1.54) is 4.90 Å². The van der Waals surface area contributed by atoms with Gasteiger partial charge in [0.05, 0.1) is 6.54 Å². The highest BCUT2D eigenvalue weighted by Crippen LogP contribution is 2.40. The molecule has 0 rings (SSSR count). The van der Waals surface area contributed by atoms with Crippen LogP contribution in [-0.4, -0.2) is 39.7 Å². The van der Waals surface area contributed by atoms with E-state index >= 15 is 0 Å². The Labute approximate surface area is 81.9 Å². The van der Waals surface area contributed by atoms with Crippen molar-refractivity contribution in [3.8, 4) is 0 Å². The van der Waals surface area contributed by atoms with Crippen molar-refractivity contribution in [3.05, 3.63) is 0 Å². The molecule has 0 aromatic carbocycles. The van der Waals surface area contributed by atoms with Crippen molar-refractivity contribution in [1.29, 1.82) is 0 Å². The van der Waals surface area contributed by atoms with Crippen molar-refractivity contribution in [2.45, 2.75) is 19.9 Å². The van der Waals surface area contributed by atoms with Gasteiger partial charge in [0.1, 0.15) is 6.29 Å². The molecule has 1 unspecified atom stereocenters. The molecule has 0 fully saturated rings. The van der Waals surface area contributed by atoms with Crippen LogP contribution in [0.4, 0.5) is 0 Å². The maximum absolute atomic E-state index is 11.1. The zero-order valence-corrected chi connectivity index (χ0v) is 8.98. The molecule has 7 nitrogen and oxygen atoms in total. The summed E-state index contributed by atoms with van der Waals surface area (Å²) in [4.78, 5) is 20.7. The van der Waals surface area contributed by atoms with Gasteiger partial charge in [0.2, 0.25) is 0 Å². The largest absolute Gasteiger partial charge is 0.480 e. The molecule has 0 radical (unpaired) electrons. The lowest BCUT2D eigenvalue weighted by Crippen LogP contribution is -2.36. The fourth-order valence-electron chi connectivity index (χ4n) is 0.832. The van der Waals surface area contributed by atoms with Crippen molar-refractivity contribution >= 4 is 13.6 Å². The quantitative estimate of drug-likeness (QED) is 0.425. The lowest BCUT2D eigenvalue weighted by atomic mass is 10.3. The molecule has 0 aliphatic carbocycles. The van der Waals surface area contributed by atoms with Crippen LogP contribution in [0.5, 0.6) is 0 Å². The van der Waals surface area contributed by atoms with Crippen LogP contribution in [-0.2, 0) is 14.0 Å². The summed E-state index contributed by atoms with van der Waals surface area (Å²) < 4.78 is 14.9. The predicted molar refractivity (Wildman–Crippen MR) is 49.4 cm³/mol. The first kappa shape index (κ1) is 13.5. The maximum Gasteiger partial charge on any atom is 0.358 e. The molecule has 0 aromatic heterocycles. The number of carboxylic acids is 1. The molecule has 84 valence electrons. The van der Waals surface area contributed by atoms with Gasteiger partial charge >= 0.3 is 13.6 Å². The monoisotopic (exact) mass is 226 g/mol. The molecule has 0 aromatic rings. The van der Waals surface area contributed by atoms with Crippen LogP contribution in [0.3, 0.4) is 0 Å². The number of aliphatic carboxylic acids is 1. The summed E-state index contributed by atoms with van der Waals surface area (Å²) in [7, 11) is -3.90. The number of nitrogens with two attached hydrogens (primary N) is 1. The summed E-state index contributed by atoms with van der Waals surface area (Å²) >= 11 is 0. The summed E-state index contributed by atoms with van der Waals surface area (Å²) in [5.74, 6) is 3.52. The van der Waals surface area contributed by atoms with Crippen molar-refractivity contribution in [1.82, 2.24) is 4.90 Å². The Kier molecular flexibility index (Phi) is 5.25. The third kappa shape index (κ3) is 5.31. The van der Waals surface area contributed by atoms with Gasteiger partial charge in [-0.3, -0.25) is 14.3 Å². The Bertz CT molecular complexity index is 244. The van der Waals surface area contributed by atoms with Crippen LogP contribution in [0, 0.1) is 0 Å². The minimum absolute atomic E-state index is 0.179. The molecule has 0 aliphatic rings. The van der Waals surface area contributed by atoms with E-state index in [-0.39, 0.29) is 12.6 Å². The summed E-state index contributed by atoms with van der Waals surface area (Å²) in [5.41, 5.74) is 0. The Morgan fingerprint density at radius 2 is 2.14 bits per heavy atom. The van der Waals surface area contributed by atoms with Crippen LogP contribution in [0.1, 0.15) is 13.8 Å². The van der Waals surface area contributed by atoms with Gasteiger partial charge in [-0.2, -0.15) is 0 Å². The Balaban J connectivity index is 4.38. The average Bonchev–Trinajstić information content (AvgIpc) is 2.02. The third-order valence-corrected chi connectivity index (χ3v) is 2.64. The minimum atomic E-state index is -3.90. The highest BCUT2D eigenvalue weighted by molar-refractivity contribution is 7.52. The number of carbonyl (C=O) groups is 1. The van der Waals surface area contributed by atoms with Crippen LogP contribution in [0.15, 0.2) is 0 Å². The van der Waals surface area contributed by atoms with E-state index in [1.54, 1.807) is 13.8 Å². The average molecular weight is 226 g/mol.